The fraction of sp³-hybridized carbons (Fsp3) is 0.833. The summed E-state index contributed by atoms with van der Waals surface area (Å²) >= 11 is 0. The Hall–Kier alpha value is -1.12. The molecule has 0 radical (unpaired) electrons. The molecule has 0 aromatic rings. The Kier molecular flexibility index (Phi) is 1.35. The summed E-state index contributed by atoms with van der Waals surface area (Å²) in [5.74, 6) is 0. The van der Waals surface area contributed by atoms with Gasteiger partial charge in [0.1, 0.15) is 6.29 Å². The molecule has 4 heteroatoms. The van der Waals surface area contributed by atoms with E-state index in [4.69, 9.17) is 14.2 Å². The average Bonchev–Trinajstić information content (AvgIpc) is 1.59. The van der Waals surface area contributed by atoms with Crippen molar-refractivity contribution >= 4 is 0 Å². The average molecular weight is 396 g/mol. The third-order valence-corrected chi connectivity index (χ3v) is 1.95. The quantitative estimate of drug-likeness (QED) is 0.592. The minimum absolute atomic E-state index is 0. The largest absolute Gasteiger partial charge is 0.532 e. The molecule has 54 valence electrons. The summed E-state index contributed by atoms with van der Waals surface area (Å²) in [5, 5.41) is 0. The van der Waals surface area contributed by atoms with Crippen molar-refractivity contribution < 1.29 is 14.2 Å². The molecule has 1 unspecified atom stereocenters. The summed E-state index contributed by atoms with van der Waals surface area (Å²) in [6.45, 7) is 2.31. The van der Waals surface area contributed by atoms with Crippen LogP contribution >= 0.6 is 0 Å². The third-order valence-electron chi connectivity index (χ3n) is 1.95. The van der Waals surface area contributed by atoms with Crippen LogP contribution in [0.1, 0.15) is 0 Å². The van der Waals surface area contributed by atoms with Crippen molar-refractivity contribution in [2.45, 2.75) is 6.29 Å². The van der Waals surface area contributed by atoms with Gasteiger partial charge in [0.2, 0.25) is 0 Å². The Morgan fingerprint density at radius 1 is 1.40 bits per heavy atom. The third kappa shape index (κ3) is 0.546. The molecule has 10 heavy (non-hydrogen) atoms. The molecule has 2 aliphatic heterocycles. The Bertz CT molecular complexity index is 117. The van der Waals surface area contributed by atoms with Crippen LogP contribution < -0.4 is 0 Å². The van der Waals surface area contributed by atoms with Crippen molar-refractivity contribution in [1.82, 2.24) is 0 Å². The molecule has 0 N–H and O–H groups in total. The van der Waals surface area contributed by atoms with Crippen LogP contribution in [-0.2, 0) is 14.2 Å². The molecule has 0 amide bonds. The van der Waals surface area contributed by atoms with E-state index < -0.39 is 0 Å². The summed E-state index contributed by atoms with van der Waals surface area (Å²) in [6, 6.07) is 0. The van der Waals surface area contributed by atoms with Gasteiger partial charge in [0, 0.05) is 0 Å². The first kappa shape index (κ1) is 6.99. The maximum atomic E-state index is 5.07. The van der Waals surface area contributed by atoms with E-state index in [0.29, 0.717) is 0 Å². The molecule has 3 nitrogen and oxygen atoms in total. The topological polar surface area (TPSA) is 27.7 Å². The summed E-state index contributed by atoms with van der Waals surface area (Å²) in [6.07, 6.45) is -0.105. The summed E-state index contributed by atoms with van der Waals surface area (Å²) in [4.78, 5) is 0. The number of rotatable bonds is 1. The molecule has 2 aliphatic rings. The van der Waals surface area contributed by atoms with Gasteiger partial charge in [0.05, 0.1) is 25.2 Å². The molecule has 0 aromatic carbocycles. The zero-order chi connectivity index (χ0) is 6.32. The van der Waals surface area contributed by atoms with Crippen LogP contribution in [0.25, 0.3) is 0 Å². The first-order valence-electron chi connectivity index (χ1n) is 2.98. The zero-order valence-electron chi connectivity index (χ0n) is 5.84. The molecule has 2 rings (SSSR count). The maximum Gasteiger partial charge on any atom is 0.140 e. The van der Waals surface area contributed by atoms with E-state index in [-0.39, 0.29) is 11.7 Å². The van der Waals surface area contributed by atoms with Gasteiger partial charge in [0.15, 0.2) is 0 Å². The number of ether oxygens (including phenoxy) is 3. The van der Waals surface area contributed by atoms with Gasteiger partial charge in [-0.1, -0.05) is 0 Å². The van der Waals surface area contributed by atoms with Gasteiger partial charge in [-0.2, -0.15) is 0 Å². The first-order chi connectivity index (χ1) is 4.37. The van der Waals surface area contributed by atoms with Crippen LogP contribution in [0.5, 0.6) is 0 Å². The minimum Gasteiger partial charge on any atom is -0.532 e. The van der Waals surface area contributed by atoms with Crippen molar-refractivity contribution in [2.75, 3.05) is 19.8 Å². The Morgan fingerprint density at radius 2 is 2.10 bits per heavy atom. The van der Waals surface area contributed by atoms with E-state index in [0.717, 1.165) is 19.8 Å². The predicted molar refractivity (Wildman–Crippen MR) is 29.4 cm³/mol. The Morgan fingerprint density at radius 3 is 2.20 bits per heavy atom. The second kappa shape index (κ2) is 1.94. The second-order valence-corrected chi connectivity index (χ2v) is 2.66. The van der Waals surface area contributed by atoms with Gasteiger partial charge in [-0.3, -0.25) is 0 Å². The fourth-order valence-corrected chi connectivity index (χ4v) is 1.20. The van der Waals surface area contributed by atoms with Crippen LogP contribution in [0, 0.1) is 12.5 Å². The number of hydrogen-bond donors (Lipinski definition) is 0. The molecule has 2 fully saturated rings. The normalized spacial score (nSPS) is 33.9. The van der Waals surface area contributed by atoms with E-state index in [1.165, 1.54) is 0 Å². The van der Waals surface area contributed by atoms with E-state index in [1.807, 2.05) is 0 Å². The van der Waals surface area contributed by atoms with Gasteiger partial charge in [-0.15, -0.1) is 0 Å². The molecule has 1 spiro atoms. The molecule has 0 saturated carbocycles. The maximum absolute atomic E-state index is 5.07. The van der Waals surface area contributed by atoms with Gasteiger partial charge in [-0.25, -0.2) is 7.11 Å². The summed E-state index contributed by atoms with van der Waals surface area (Å²) in [5.41, 5.74) is 0.182. The predicted octanol–water partition coefficient (Wildman–Crippen LogP) is 0.167. The van der Waals surface area contributed by atoms with Crippen molar-refractivity contribution in [3.8, 4) is 0 Å². The molecular formula is C6H9O3Rf-. The standard InChI is InChI=1S/C6H9O3.Rf/c1-7-5-6(4-9-5)2-8-3-6;/h5H,1-4H2;/q-1;. The molecule has 0 bridgehead atoms. The summed E-state index contributed by atoms with van der Waals surface area (Å²) < 4.78 is 14.9. The van der Waals surface area contributed by atoms with Crippen molar-refractivity contribution in [1.29, 1.82) is 0 Å². The molecule has 2 saturated heterocycles. The monoisotopic (exact) mass is 396 g/mol. The molecular weight excluding hydrogens is 387 g/mol. The van der Waals surface area contributed by atoms with E-state index in [2.05, 4.69) is 7.11 Å². The SMILES string of the molecule is [CH2-]OC1OCC12COC2.[Rf]. The van der Waals surface area contributed by atoms with E-state index in [1.54, 1.807) is 0 Å². The number of hydrogen-bond acceptors (Lipinski definition) is 3. The zero-order valence-corrected chi connectivity index (χ0v) is 12.2. The second-order valence-electron chi connectivity index (χ2n) is 2.66. The van der Waals surface area contributed by atoms with Crippen LogP contribution in [0.4, 0.5) is 0 Å². The van der Waals surface area contributed by atoms with Gasteiger partial charge in [0.25, 0.3) is 0 Å². The van der Waals surface area contributed by atoms with Crippen molar-refractivity contribution in [3.05, 3.63) is 7.11 Å². The Labute approximate surface area is 53.9 Å². The minimum atomic E-state index is -0.105. The van der Waals surface area contributed by atoms with Crippen LogP contribution in [0.3, 0.4) is 0 Å². The van der Waals surface area contributed by atoms with E-state index >= 15 is 0 Å². The molecule has 2 heterocycles. The van der Waals surface area contributed by atoms with Crippen LogP contribution in [-0.4, -0.2) is 26.1 Å². The first-order valence-corrected chi connectivity index (χ1v) is 2.98. The summed E-state index contributed by atoms with van der Waals surface area (Å²) in [7, 11) is 3.30. The van der Waals surface area contributed by atoms with Gasteiger partial charge < -0.3 is 14.2 Å². The van der Waals surface area contributed by atoms with Gasteiger partial charge in [-0.05, 0) is 0 Å². The van der Waals surface area contributed by atoms with Crippen LogP contribution in [0.15, 0.2) is 0 Å². The molecule has 1 atom stereocenters. The molecule has 0 aromatic heterocycles. The molecule has 0 aliphatic carbocycles. The van der Waals surface area contributed by atoms with Crippen LogP contribution in [0.2, 0.25) is 0 Å². The van der Waals surface area contributed by atoms with Gasteiger partial charge >= 0.3 is 0 Å². The fourth-order valence-electron chi connectivity index (χ4n) is 1.20. The van der Waals surface area contributed by atoms with Crippen molar-refractivity contribution in [2.24, 2.45) is 5.41 Å². The van der Waals surface area contributed by atoms with E-state index in [9.17, 15) is 0 Å². The smallest absolute Gasteiger partial charge is 0.140 e. The van der Waals surface area contributed by atoms with Crippen molar-refractivity contribution in [3.63, 3.8) is 0 Å². The Balaban J connectivity index is 0.000000500.